The Hall–Kier alpha value is -0.0800. The Morgan fingerprint density at radius 1 is 1.00 bits per heavy atom. The Labute approximate surface area is 83.1 Å². The minimum absolute atomic E-state index is 0.0327. The molecule has 0 spiro atoms. The van der Waals surface area contributed by atoms with Gasteiger partial charge >= 0.3 is 0 Å². The van der Waals surface area contributed by atoms with Crippen LogP contribution in [0.4, 0.5) is 0 Å². The zero-order chi connectivity index (χ0) is 10.2. The molecule has 0 amide bonds. The summed E-state index contributed by atoms with van der Waals surface area (Å²) in [6.45, 7) is 8.36. The van der Waals surface area contributed by atoms with E-state index < -0.39 is 0 Å². The van der Waals surface area contributed by atoms with Gasteiger partial charge in [0.1, 0.15) is 0 Å². The van der Waals surface area contributed by atoms with Gasteiger partial charge in [-0.25, -0.2) is 0 Å². The van der Waals surface area contributed by atoms with Crippen LogP contribution >= 0.6 is 0 Å². The number of hydrogen-bond donors (Lipinski definition) is 1. The maximum absolute atomic E-state index is 5.62. The molecular formula is C11H25NO. The highest BCUT2D eigenvalue weighted by Crippen LogP contribution is 2.08. The SMILES string of the molecule is CNCCCCCCOC(C)(C)C. The minimum Gasteiger partial charge on any atom is -0.376 e. The van der Waals surface area contributed by atoms with Crippen LogP contribution in [0.5, 0.6) is 0 Å². The van der Waals surface area contributed by atoms with Gasteiger partial charge in [0, 0.05) is 6.61 Å². The van der Waals surface area contributed by atoms with Crippen LogP contribution in [-0.4, -0.2) is 25.8 Å². The summed E-state index contributed by atoms with van der Waals surface area (Å²) in [5, 5.41) is 3.15. The molecule has 0 radical (unpaired) electrons. The normalized spacial score (nSPS) is 12.0. The summed E-state index contributed by atoms with van der Waals surface area (Å²) in [4.78, 5) is 0. The van der Waals surface area contributed by atoms with E-state index in [1.807, 2.05) is 7.05 Å². The lowest BCUT2D eigenvalue weighted by molar-refractivity contribution is -0.00473. The van der Waals surface area contributed by atoms with Gasteiger partial charge in [-0.05, 0) is 47.2 Å². The van der Waals surface area contributed by atoms with Crippen molar-refractivity contribution in [2.24, 2.45) is 0 Å². The quantitative estimate of drug-likeness (QED) is 0.619. The van der Waals surface area contributed by atoms with Crippen LogP contribution in [0.25, 0.3) is 0 Å². The van der Waals surface area contributed by atoms with E-state index in [0.29, 0.717) is 0 Å². The number of rotatable bonds is 7. The van der Waals surface area contributed by atoms with Gasteiger partial charge in [0.2, 0.25) is 0 Å². The van der Waals surface area contributed by atoms with Gasteiger partial charge in [0.25, 0.3) is 0 Å². The van der Waals surface area contributed by atoms with E-state index in [4.69, 9.17) is 4.74 Å². The first-order valence-corrected chi connectivity index (χ1v) is 5.35. The molecule has 0 aromatic rings. The molecule has 0 saturated heterocycles. The molecule has 0 heterocycles. The summed E-state index contributed by atoms with van der Waals surface area (Å²) in [6.07, 6.45) is 5.08. The van der Waals surface area contributed by atoms with Crippen LogP contribution in [0.15, 0.2) is 0 Å². The summed E-state index contributed by atoms with van der Waals surface area (Å²) in [5.74, 6) is 0. The van der Waals surface area contributed by atoms with E-state index in [-0.39, 0.29) is 5.60 Å². The lowest BCUT2D eigenvalue weighted by atomic mass is 10.2. The van der Waals surface area contributed by atoms with E-state index in [1.54, 1.807) is 0 Å². The average Bonchev–Trinajstić information content (AvgIpc) is 2.01. The van der Waals surface area contributed by atoms with Crippen LogP contribution in [0.2, 0.25) is 0 Å². The summed E-state index contributed by atoms with van der Waals surface area (Å²) in [7, 11) is 2.00. The Bertz CT molecular complexity index is 107. The number of hydrogen-bond acceptors (Lipinski definition) is 2. The second kappa shape index (κ2) is 7.34. The monoisotopic (exact) mass is 187 g/mol. The van der Waals surface area contributed by atoms with E-state index in [2.05, 4.69) is 26.1 Å². The first kappa shape index (κ1) is 12.9. The van der Waals surface area contributed by atoms with E-state index in [0.717, 1.165) is 13.2 Å². The van der Waals surface area contributed by atoms with Gasteiger partial charge < -0.3 is 10.1 Å². The lowest BCUT2D eigenvalue weighted by Gasteiger charge is -2.19. The number of ether oxygens (including phenoxy) is 1. The van der Waals surface area contributed by atoms with Crippen molar-refractivity contribution in [3.05, 3.63) is 0 Å². The molecule has 0 fully saturated rings. The van der Waals surface area contributed by atoms with Crippen molar-refractivity contribution in [2.75, 3.05) is 20.2 Å². The van der Waals surface area contributed by atoms with Gasteiger partial charge in [-0.1, -0.05) is 12.8 Å². The number of unbranched alkanes of at least 4 members (excludes halogenated alkanes) is 3. The van der Waals surface area contributed by atoms with Crippen molar-refractivity contribution < 1.29 is 4.74 Å². The molecular weight excluding hydrogens is 162 g/mol. The molecule has 0 aliphatic rings. The molecule has 80 valence electrons. The third-order valence-electron chi connectivity index (χ3n) is 1.86. The molecule has 0 aliphatic carbocycles. The molecule has 0 aromatic heterocycles. The molecule has 0 bridgehead atoms. The van der Waals surface area contributed by atoms with Crippen LogP contribution in [-0.2, 0) is 4.74 Å². The first-order chi connectivity index (χ1) is 6.06. The lowest BCUT2D eigenvalue weighted by Crippen LogP contribution is -2.19. The second-order valence-corrected chi connectivity index (χ2v) is 4.48. The van der Waals surface area contributed by atoms with Crippen molar-refractivity contribution in [3.63, 3.8) is 0 Å². The molecule has 0 aliphatic heterocycles. The molecule has 0 unspecified atom stereocenters. The molecule has 13 heavy (non-hydrogen) atoms. The average molecular weight is 187 g/mol. The standard InChI is InChI=1S/C11H25NO/c1-11(2,3)13-10-8-6-5-7-9-12-4/h12H,5-10H2,1-4H3. The maximum atomic E-state index is 5.62. The predicted molar refractivity (Wildman–Crippen MR) is 58.1 cm³/mol. The highest BCUT2D eigenvalue weighted by atomic mass is 16.5. The van der Waals surface area contributed by atoms with Crippen molar-refractivity contribution in [3.8, 4) is 0 Å². The zero-order valence-corrected chi connectivity index (χ0v) is 9.65. The Kier molecular flexibility index (Phi) is 7.29. The Balaban J connectivity index is 3.00. The largest absolute Gasteiger partial charge is 0.376 e. The predicted octanol–water partition coefficient (Wildman–Crippen LogP) is 2.58. The van der Waals surface area contributed by atoms with E-state index in [9.17, 15) is 0 Å². The fourth-order valence-corrected chi connectivity index (χ4v) is 1.14. The highest BCUT2D eigenvalue weighted by Gasteiger charge is 2.08. The van der Waals surface area contributed by atoms with Crippen molar-refractivity contribution in [1.29, 1.82) is 0 Å². The van der Waals surface area contributed by atoms with Gasteiger partial charge in [0.05, 0.1) is 5.60 Å². The Morgan fingerprint density at radius 2 is 1.62 bits per heavy atom. The molecule has 0 rings (SSSR count). The fraction of sp³-hybridized carbons (Fsp3) is 1.00. The van der Waals surface area contributed by atoms with Crippen LogP contribution in [0, 0.1) is 0 Å². The zero-order valence-electron chi connectivity index (χ0n) is 9.65. The Morgan fingerprint density at radius 3 is 2.15 bits per heavy atom. The summed E-state index contributed by atoms with van der Waals surface area (Å²) in [5.41, 5.74) is 0.0327. The third-order valence-corrected chi connectivity index (χ3v) is 1.86. The van der Waals surface area contributed by atoms with Crippen molar-refractivity contribution >= 4 is 0 Å². The van der Waals surface area contributed by atoms with E-state index >= 15 is 0 Å². The fourth-order valence-electron chi connectivity index (χ4n) is 1.14. The maximum Gasteiger partial charge on any atom is 0.0598 e. The molecule has 0 aromatic carbocycles. The van der Waals surface area contributed by atoms with Gasteiger partial charge in [-0.15, -0.1) is 0 Å². The summed E-state index contributed by atoms with van der Waals surface area (Å²) in [6, 6.07) is 0. The molecule has 2 nitrogen and oxygen atoms in total. The molecule has 2 heteroatoms. The first-order valence-electron chi connectivity index (χ1n) is 5.35. The van der Waals surface area contributed by atoms with Gasteiger partial charge in [-0.2, -0.15) is 0 Å². The smallest absolute Gasteiger partial charge is 0.0598 e. The third kappa shape index (κ3) is 11.9. The summed E-state index contributed by atoms with van der Waals surface area (Å²) >= 11 is 0. The summed E-state index contributed by atoms with van der Waals surface area (Å²) < 4.78 is 5.62. The van der Waals surface area contributed by atoms with Crippen LogP contribution in [0.1, 0.15) is 46.5 Å². The number of nitrogens with one attached hydrogen (secondary N) is 1. The van der Waals surface area contributed by atoms with Gasteiger partial charge in [-0.3, -0.25) is 0 Å². The van der Waals surface area contributed by atoms with E-state index in [1.165, 1.54) is 25.7 Å². The van der Waals surface area contributed by atoms with Gasteiger partial charge in [0.15, 0.2) is 0 Å². The van der Waals surface area contributed by atoms with Crippen LogP contribution in [0.3, 0.4) is 0 Å². The minimum atomic E-state index is 0.0327. The van der Waals surface area contributed by atoms with Crippen LogP contribution < -0.4 is 5.32 Å². The molecule has 1 N–H and O–H groups in total. The van der Waals surface area contributed by atoms with Crippen molar-refractivity contribution in [1.82, 2.24) is 5.32 Å². The highest BCUT2D eigenvalue weighted by molar-refractivity contribution is 4.58. The van der Waals surface area contributed by atoms with Crippen molar-refractivity contribution in [2.45, 2.75) is 52.1 Å². The molecule has 0 saturated carbocycles. The second-order valence-electron chi connectivity index (χ2n) is 4.48. The molecule has 0 atom stereocenters. The topological polar surface area (TPSA) is 21.3 Å².